The summed E-state index contributed by atoms with van der Waals surface area (Å²) in [4.78, 5) is 27.4. The van der Waals surface area contributed by atoms with Crippen LogP contribution in [0.3, 0.4) is 0 Å². The Morgan fingerprint density at radius 1 is 1.47 bits per heavy atom. The van der Waals surface area contributed by atoms with Crippen molar-refractivity contribution in [2.24, 2.45) is 0 Å². The van der Waals surface area contributed by atoms with E-state index in [4.69, 9.17) is 9.15 Å². The summed E-state index contributed by atoms with van der Waals surface area (Å²) in [6.45, 7) is 1.81. The lowest BCUT2D eigenvalue weighted by atomic mass is 10.3. The molecule has 0 spiro atoms. The van der Waals surface area contributed by atoms with Gasteiger partial charge in [0.25, 0.3) is 5.91 Å². The summed E-state index contributed by atoms with van der Waals surface area (Å²) < 4.78 is 9.81. The van der Waals surface area contributed by atoms with E-state index >= 15 is 0 Å². The summed E-state index contributed by atoms with van der Waals surface area (Å²) in [6.07, 6.45) is 2.66. The molecule has 0 aliphatic heterocycles. The summed E-state index contributed by atoms with van der Waals surface area (Å²) in [5.74, 6) is -0.172. The number of pyridine rings is 1. The zero-order valence-electron chi connectivity index (χ0n) is 10.5. The number of nitrogens with zero attached hydrogens (tertiary/aromatic N) is 1. The van der Waals surface area contributed by atoms with E-state index in [-0.39, 0.29) is 11.5 Å². The average molecular weight is 260 g/mol. The lowest BCUT2D eigenvalue weighted by Crippen LogP contribution is -2.16. The molecule has 6 nitrogen and oxygen atoms in total. The molecular formula is C13H12N2O4. The van der Waals surface area contributed by atoms with Crippen molar-refractivity contribution in [1.29, 1.82) is 0 Å². The zero-order valence-corrected chi connectivity index (χ0v) is 10.5. The molecule has 1 N–H and O–H groups in total. The number of aryl methyl sites for hydroxylation is 1. The summed E-state index contributed by atoms with van der Waals surface area (Å²) >= 11 is 0. The Morgan fingerprint density at radius 3 is 2.89 bits per heavy atom. The number of amides is 1. The van der Waals surface area contributed by atoms with Gasteiger partial charge in [-0.2, -0.15) is 0 Å². The van der Waals surface area contributed by atoms with E-state index in [1.54, 1.807) is 12.3 Å². The molecule has 0 aliphatic carbocycles. The predicted octanol–water partition coefficient (Wildman–Crippen LogP) is 1.60. The van der Waals surface area contributed by atoms with Crippen molar-refractivity contribution in [2.75, 3.05) is 12.4 Å². The molecule has 2 aromatic heterocycles. The molecule has 0 atom stereocenters. The SMILES string of the molecule is COc1coc(C(=O)Nc2ncccc2C)cc1=O. The zero-order chi connectivity index (χ0) is 13.8. The van der Waals surface area contributed by atoms with Crippen LogP contribution in [0.4, 0.5) is 5.82 Å². The van der Waals surface area contributed by atoms with Crippen molar-refractivity contribution in [1.82, 2.24) is 4.98 Å². The Labute approximate surface area is 109 Å². The van der Waals surface area contributed by atoms with E-state index in [9.17, 15) is 9.59 Å². The summed E-state index contributed by atoms with van der Waals surface area (Å²) in [5.41, 5.74) is 0.392. The van der Waals surface area contributed by atoms with E-state index in [2.05, 4.69) is 10.3 Å². The van der Waals surface area contributed by atoms with Crippen LogP contribution < -0.4 is 15.5 Å². The van der Waals surface area contributed by atoms with Gasteiger partial charge >= 0.3 is 0 Å². The molecular weight excluding hydrogens is 248 g/mol. The maximum Gasteiger partial charge on any atom is 0.292 e. The number of carbonyl (C=O) groups excluding carboxylic acids is 1. The largest absolute Gasteiger partial charge is 0.490 e. The number of carbonyl (C=O) groups is 1. The van der Waals surface area contributed by atoms with Gasteiger partial charge in [0, 0.05) is 12.3 Å². The quantitative estimate of drug-likeness (QED) is 0.906. The van der Waals surface area contributed by atoms with Gasteiger partial charge in [0.2, 0.25) is 11.2 Å². The molecule has 2 rings (SSSR count). The van der Waals surface area contributed by atoms with Gasteiger partial charge in [-0.25, -0.2) is 4.98 Å². The fourth-order valence-corrected chi connectivity index (χ4v) is 1.45. The van der Waals surface area contributed by atoms with Crippen LogP contribution in [-0.4, -0.2) is 18.0 Å². The van der Waals surface area contributed by atoms with E-state index in [0.29, 0.717) is 5.82 Å². The molecule has 0 fully saturated rings. The predicted molar refractivity (Wildman–Crippen MR) is 68.5 cm³/mol. The number of aromatic nitrogens is 1. The van der Waals surface area contributed by atoms with E-state index in [1.807, 2.05) is 13.0 Å². The first-order valence-electron chi connectivity index (χ1n) is 5.51. The number of hydrogen-bond acceptors (Lipinski definition) is 5. The van der Waals surface area contributed by atoms with Gasteiger partial charge in [-0.1, -0.05) is 6.07 Å². The first kappa shape index (κ1) is 12.8. The monoisotopic (exact) mass is 260 g/mol. The minimum atomic E-state index is -0.540. The van der Waals surface area contributed by atoms with Crippen molar-refractivity contribution >= 4 is 11.7 Å². The number of ether oxygens (including phenoxy) is 1. The molecule has 0 aliphatic rings. The minimum absolute atomic E-state index is 0.0468. The molecule has 2 aromatic rings. The van der Waals surface area contributed by atoms with Gasteiger partial charge in [-0.3, -0.25) is 9.59 Å². The van der Waals surface area contributed by atoms with Crippen LogP contribution >= 0.6 is 0 Å². The first-order chi connectivity index (χ1) is 9.11. The van der Waals surface area contributed by atoms with Crippen molar-refractivity contribution < 1.29 is 13.9 Å². The normalized spacial score (nSPS) is 10.0. The van der Waals surface area contributed by atoms with Gasteiger partial charge in [-0.15, -0.1) is 0 Å². The molecule has 0 saturated heterocycles. The summed E-state index contributed by atoms with van der Waals surface area (Å²) in [5, 5.41) is 2.57. The third-order valence-corrected chi connectivity index (χ3v) is 2.48. The Bertz CT molecular complexity index is 664. The van der Waals surface area contributed by atoms with Crippen molar-refractivity contribution in [3.8, 4) is 5.75 Å². The van der Waals surface area contributed by atoms with Crippen LogP contribution in [0.25, 0.3) is 0 Å². The number of hydrogen-bond donors (Lipinski definition) is 1. The second-order valence-corrected chi connectivity index (χ2v) is 3.80. The van der Waals surface area contributed by atoms with E-state index < -0.39 is 11.3 Å². The topological polar surface area (TPSA) is 81.4 Å². The molecule has 0 aromatic carbocycles. The van der Waals surface area contributed by atoms with Crippen LogP contribution in [0, 0.1) is 6.92 Å². The highest BCUT2D eigenvalue weighted by Gasteiger charge is 2.13. The second-order valence-electron chi connectivity index (χ2n) is 3.80. The van der Waals surface area contributed by atoms with Crippen molar-refractivity contribution in [2.45, 2.75) is 6.92 Å². The Morgan fingerprint density at radius 2 is 2.26 bits per heavy atom. The molecule has 0 bridgehead atoms. The standard InChI is InChI=1S/C13H12N2O4/c1-8-4-3-5-14-12(8)15-13(17)10-6-9(16)11(18-2)7-19-10/h3-7H,1-2H3,(H,14,15,17). The van der Waals surface area contributed by atoms with Crippen molar-refractivity contribution in [3.63, 3.8) is 0 Å². The summed E-state index contributed by atoms with van der Waals surface area (Å²) in [6, 6.07) is 4.65. The molecule has 0 saturated carbocycles. The molecule has 2 heterocycles. The van der Waals surface area contributed by atoms with Crippen molar-refractivity contribution in [3.05, 3.63) is 52.2 Å². The lowest BCUT2D eigenvalue weighted by Gasteiger charge is -2.06. The third-order valence-electron chi connectivity index (χ3n) is 2.48. The number of anilines is 1. The second kappa shape index (κ2) is 5.34. The minimum Gasteiger partial charge on any atom is -0.490 e. The Kier molecular flexibility index (Phi) is 3.61. The average Bonchev–Trinajstić information content (AvgIpc) is 2.41. The van der Waals surface area contributed by atoms with Gasteiger partial charge in [0.05, 0.1) is 7.11 Å². The van der Waals surface area contributed by atoms with Crippen LogP contribution in [0.2, 0.25) is 0 Å². The molecule has 0 unspecified atom stereocenters. The molecule has 6 heteroatoms. The van der Waals surface area contributed by atoms with Crippen LogP contribution in [-0.2, 0) is 0 Å². The van der Waals surface area contributed by atoms with Gasteiger partial charge in [0.1, 0.15) is 12.1 Å². The van der Waals surface area contributed by atoms with E-state index in [1.165, 1.54) is 7.11 Å². The van der Waals surface area contributed by atoms with Gasteiger partial charge < -0.3 is 14.5 Å². The molecule has 19 heavy (non-hydrogen) atoms. The maximum absolute atomic E-state index is 11.9. The number of nitrogens with one attached hydrogen (secondary N) is 1. The fraction of sp³-hybridized carbons (Fsp3) is 0.154. The first-order valence-corrected chi connectivity index (χ1v) is 5.51. The van der Waals surface area contributed by atoms with Crippen LogP contribution in [0.15, 0.2) is 39.9 Å². The maximum atomic E-state index is 11.9. The number of rotatable bonds is 3. The molecule has 1 amide bonds. The van der Waals surface area contributed by atoms with Crippen LogP contribution in [0.1, 0.15) is 16.1 Å². The highest BCUT2D eigenvalue weighted by Crippen LogP contribution is 2.12. The third kappa shape index (κ3) is 2.79. The fourth-order valence-electron chi connectivity index (χ4n) is 1.45. The highest BCUT2D eigenvalue weighted by atomic mass is 16.5. The van der Waals surface area contributed by atoms with Gasteiger partial charge in [0.15, 0.2) is 5.76 Å². The van der Waals surface area contributed by atoms with E-state index in [0.717, 1.165) is 17.9 Å². The molecule has 0 radical (unpaired) electrons. The number of methoxy groups -OCH3 is 1. The van der Waals surface area contributed by atoms with Crippen LogP contribution in [0.5, 0.6) is 5.75 Å². The Hall–Kier alpha value is -2.63. The Balaban J connectivity index is 2.24. The highest BCUT2D eigenvalue weighted by molar-refractivity contribution is 6.01. The summed E-state index contributed by atoms with van der Waals surface area (Å²) in [7, 11) is 1.35. The molecule has 98 valence electrons. The van der Waals surface area contributed by atoms with Gasteiger partial charge in [-0.05, 0) is 18.6 Å². The lowest BCUT2D eigenvalue weighted by molar-refractivity contribution is 0.0993. The smallest absolute Gasteiger partial charge is 0.292 e.